The van der Waals surface area contributed by atoms with Crippen LogP contribution in [0.4, 0.5) is 5.69 Å². The molecule has 2 N–H and O–H groups in total. The van der Waals surface area contributed by atoms with Crippen molar-refractivity contribution in [1.29, 1.82) is 0 Å². The normalized spacial score (nSPS) is 24.5. The van der Waals surface area contributed by atoms with Crippen LogP contribution in [0.15, 0.2) is 24.3 Å². The molecule has 2 rings (SSSR count). The van der Waals surface area contributed by atoms with Crippen molar-refractivity contribution in [2.24, 2.45) is 11.8 Å². The minimum absolute atomic E-state index is 0.106. The molecule has 0 aromatic heterocycles. The van der Waals surface area contributed by atoms with Crippen molar-refractivity contribution in [1.82, 2.24) is 4.90 Å². The molecule has 0 bridgehead atoms. The van der Waals surface area contributed by atoms with Crippen LogP contribution in [0, 0.1) is 11.8 Å². The lowest BCUT2D eigenvalue weighted by atomic mass is 10.00. The fourth-order valence-corrected chi connectivity index (χ4v) is 2.03. The summed E-state index contributed by atoms with van der Waals surface area (Å²) in [5, 5.41) is 0. The van der Waals surface area contributed by atoms with E-state index in [0.29, 0.717) is 5.69 Å². The Morgan fingerprint density at radius 1 is 1.12 bits per heavy atom. The van der Waals surface area contributed by atoms with Gasteiger partial charge in [-0.05, 0) is 11.6 Å². The van der Waals surface area contributed by atoms with Gasteiger partial charge in [0.25, 0.3) is 0 Å². The Morgan fingerprint density at radius 3 is 2.18 bits per heavy atom. The van der Waals surface area contributed by atoms with Crippen molar-refractivity contribution in [3.05, 3.63) is 29.8 Å². The number of nitrogens with two attached hydrogens (primary N) is 1. The standard InChI is InChI=1S/C13H16N2O2/c1-8-9(2)13(17)15(12(8)16)7-10-5-3-4-6-11(10)14/h3-6,8-9H,7,14H2,1-2H3. The van der Waals surface area contributed by atoms with E-state index in [-0.39, 0.29) is 30.2 Å². The van der Waals surface area contributed by atoms with Crippen LogP contribution in [0.1, 0.15) is 19.4 Å². The third kappa shape index (κ3) is 1.90. The van der Waals surface area contributed by atoms with Crippen LogP contribution in [0.3, 0.4) is 0 Å². The van der Waals surface area contributed by atoms with Gasteiger partial charge >= 0.3 is 0 Å². The second-order valence-corrected chi connectivity index (χ2v) is 4.54. The molecule has 0 spiro atoms. The van der Waals surface area contributed by atoms with E-state index in [1.807, 2.05) is 18.2 Å². The maximum absolute atomic E-state index is 11.9. The van der Waals surface area contributed by atoms with Crippen molar-refractivity contribution in [2.45, 2.75) is 20.4 Å². The van der Waals surface area contributed by atoms with Gasteiger partial charge in [-0.1, -0.05) is 32.0 Å². The van der Waals surface area contributed by atoms with Crippen molar-refractivity contribution in [3.63, 3.8) is 0 Å². The van der Waals surface area contributed by atoms with Gasteiger partial charge in [-0.3, -0.25) is 14.5 Å². The highest BCUT2D eigenvalue weighted by molar-refractivity contribution is 6.04. The summed E-state index contributed by atoms with van der Waals surface area (Å²) in [5.41, 5.74) is 7.24. The average molecular weight is 232 g/mol. The molecule has 17 heavy (non-hydrogen) atoms. The number of nitrogens with zero attached hydrogens (tertiary/aromatic N) is 1. The van der Waals surface area contributed by atoms with Crippen LogP contribution in [-0.4, -0.2) is 16.7 Å². The van der Waals surface area contributed by atoms with E-state index >= 15 is 0 Å². The molecule has 1 heterocycles. The maximum Gasteiger partial charge on any atom is 0.233 e. The number of hydrogen-bond acceptors (Lipinski definition) is 3. The van der Waals surface area contributed by atoms with Crippen LogP contribution >= 0.6 is 0 Å². The van der Waals surface area contributed by atoms with E-state index in [4.69, 9.17) is 5.73 Å². The van der Waals surface area contributed by atoms with Crippen molar-refractivity contribution >= 4 is 17.5 Å². The average Bonchev–Trinajstić information content (AvgIpc) is 2.50. The number of amides is 2. The fourth-order valence-electron chi connectivity index (χ4n) is 2.03. The number of rotatable bonds is 2. The van der Waals surface area contributed by atoms with Crippen molar-refractivity contribution < 1.29 is 9.59 Å². The molecule has 1 saturated heterocycles. The molecule has 1 fully saturated rings. The van der Waals surface area contributed by atoms with Gasteiger partial charge in [0.1, 0.15) is 0 Å². The molecule has 1 aromatic rings. The Morgan fingerprint density at radius 2 is 1.65 bits per heavy atom. The highest BCUT2D eigenvalue weighted by atomic mass is 16.2. The highest BCUT2D eigenvalue weighted by Gasteiger charge is 2.42. The number of nitrogen functional groups attached to an aromatic ring is 1. The summed E-state index contributed by atoms with van der Waals surface area (Å²) in [7, 11) is 0. The predicted molar refractivity (Wildman–Crippen MR) is 64.7 cm³/mol. The third-order valence-corrected chi connectivity index (χ3v) is 3.44. The number of carbonyl (C=O) groups excluding carboxylic acids is 2. The third-order valence-electron chi connectivity index (χ3n) is 3.44. The van der Waals surface area contributed by atoms with Crippen LogP contribution in [0.2, 0.25) is 0 Å². The zero-order valence-corrected chi connectivity index (χ0v) is 10.0. The highest BCUT2D eigenvalue weighted by Crippen LogP contribution is 2.27. The molecule has 0 aliphatic carbocycles. The molecule has 1 aliphatic heterocycles. The molecule has 2 atom stereocenters. The Bertz CT molecular complexity index is 450. The molecule has 1 aliphatic rings. The molecular formula is C13H16N2O2. The van der Waals surface area contributed by atoms with Gasteiger partial charge in [-0.15, -0.1) is 0 Å². The van der Waals surface area contributed by atoms with Gasteiger partial charge < -0.3 is 5.73 Å². The zero-order valence-electron chi connectivity index (χ0n) is 10.0. The molecule has 2 amide bonds. The Hall–Kier alpha value is -1.84. The lowest BCUT2D eigenvalue weighted by Crippen LogP contribution is -2.30. The molecule has 2 unspecified atom stereocenters. The van der Waals surface area contributed by atoms with E-state index < -0.39 is 0 Å². The summed E-state index contributed by atoms with van der Waals surface area (Å²) in [4.78, 5) is 25.1. The van der Waals surface area contributed by atoms with Gasteiger partial charge in [-0.25, -0.2) is 0 Å². The summed E-state index contributed by atoms with van der Waals surface area (Å²) in [6, 6.07) is 7.29. The number of imide groups is 1. The second-order valence-electron chi connectivity index (χ2n) is 4.54. The number of anilines is 1. The monoisotopic (exact) mass is 232 g/mol. The largest absolute Gasteiger partial charge is 0.398 e. The molecular weight excluding hydrogens is 216 g/mol. The number of carbonyl (C=O) groups is 2. The van der Waals surface area contributed by atoms with Gasteiger partial charge in [0.05, 0.1) is 6.54 Å². The molecule has 4 heteroatoms. The number of benzene rings is 1. The van der Waals surface area contributed by atoms with E-state index in [1.165, 1.54) is 4.90 Å². The first-order valence-electron chi connectivity index (χ1n) is 5.71. The molecule has 0 saturated carbocycles. The molecule has 4 nitrogen and oxygen atoms in total. The fraction of sp³-hybridized carbons (Fsp3) is 0.385. The summed E-state index contributed by atoms with van der Waals surface area (Å²) in [6.07, 6.45) is 0. The van der Waals surface area contributed by atoms with Crippen LogP contribution < -0.4 is 5.73 Å². The molecule has 90 valence electrons. The molecule has 1 aromatic carbocycles. The van der Waals surface area contributed by atoms with Crippen molar-refractivity contribution in [3.8, 4) is 0 Å². The van der Waals surface area contributed by atoms with Gasteiger partial charge in [0.2, 0.25) is 11.8 Å². The van der Waals surface area contributed by atoms with Crippen LogP contribution in [0.25, 0.3) is 0 Å². The number of likely N-dealkylation sites (tertiary alicyclic amines) is 1. The summed E-state index contributed by atoms with van der Waals surface area (Å²) in [5.74, 6) is -0.670. The van der Waals surface area contributed by atoms with E-state index in [9.17, 15) is 9.59 Å². The topological polar surface area (TPSA) is 63.4 Å². The smallest absolute Gasteiger partial charge is 0.233 e. The second kappa shape index (κ2) is 4.20. The SMILES string of the molecule is CC1C(=O)N(Cc2ccccc2N)C(=O)C1C. The van der Waals surface area contributed by atoms with E-state index in [2.05, 4.69) is 0 Å². The van der Waals surface area contributed by atoms with Gasteiger partial charge in [-0.2, -0.15) is 0 Å². The summed E-state index contributed by atoms with van der Waals surface area (Å²) in [6.45, 7) is 3.86. The first kappa shape index (κ1) is 11.6. The number of hydrogen-bond donors (Lipinski definition) is 1. The van der Waals surface area contributed by atoms with Crippen LogP contribution in [-0.2, 0) is 16.1 Å². The first-order chi connectivity index (χ1) is 8.02. The predicted octanol–water partition coefficient (Wildman–Crippen LogP) is 1.41. The summed E-state index contributed by atoms with van der Waals surface area (Å²) >= 11 is 0. The van der Waals surface area contributed by atoms with E-state index in [1.54, 1.807) is 19.9 Å². The van der Waals surface area contributed by atoms with E-state index in [0.717, 1.165) is 5.56 Å². The lowest BCUT2D eigenvalue weighted by Gasteiger charge is -2.15. The Labute approximate surface area is 100 Å². The Kier molecular flexibility index (Phi) is 2.88. The number of para-hydroxylation sites is 1. The van der Waals surface area contributed by atoms with Crippen LogP contribution in [0.5, 0.6) is 0 Å². The quantitative estimate of drug-likeness (QED) is 0.619. The lowest BCUT2D eigenvalue weighted by molar-refractivity contribution is -0.140. The van der Waals surface area contributed by atoms with Crippen molar-refractivity contribution in [2.75, 3.05) is 5.73 Å². The zero-order chi connectivity index (χ0) is 12.6. The molecule has 0 radical (unpaired) electrons. The summed E-state index contributed by atoms with van der Waals surface area (Å²) < 4.78 is 0. The maximum atomic E-state index is 11.9. The van der Waals surface area contributed by atoms with Gasteiger partial charge in [0, 0.05) is 17.5 Å². The Balaban J connectivity index is 2.23. The first-order valence-corrected chi connectivity index (χ1v) is 5.71. The van der Waals surface area contributed by atoms with Gasteiger partial charge in [0.15, 0.2) is 0 Å². The minimum Gasteiger partial charge on any atom is -0.398 e. The minimum atomic E-state index is -0.229.